The van der Waals surface area contributed by atoms with E-state index in [1.54, 1.807) is 0 Å². The zero-order valence-corrected chi connectivity index (χ0v) is 9.87. The molecule has 14 heavy (non-hydrogen) atoms. The van der Waals surface area contributed by atoms with E-state index in [0.29, 0.717) is 11.5 Å². The molecule has 1 saturated carbocycles. The first-order valence-corrected chi connectivity index (χ1v) is 8.15. The maximum atomic E-state index is 10.8. The quantitative estimate of drug-likeness (QED) is 0.682. The molecule has 5 heteroatoms. The van der Waals surface area contributed by atoms with Crippen molar-refractivity contribution in [1.82, 2.24) is 5.32 Å². The zero-order valence-electron chi connectivity index (χ0n) is 8.24. The van der Waals surface area contributed by atoms with E-state index in [0.717, 1.165) is 18.2 Å². The van der Waals surface area contributed by atoms with Crippen LogP contribution in [0.1, 0.15) is 12.8 Å². The van der Waals surface area contributed by atoms with Crippen LogP contribution in [-0.2, 0) is 9.84 Å². The summed E-state index contributed by atoms with van der Waals surface area (Å²) in [5.74, 6) is 4.10. The Morgan fingerprint density at radius 3 is 2.57 bits per heavy atom. The fourth-order valence-electron chi connectivity index (χ4n) is 1.55. The highest BCUT2D eigenvalue weighted by atomic mass is 32.2. The molecule has 0 spiro atoms. The number of thioether (sulfide) groups is 1. The first-order valence-electron chi connectivity index (χ1n) is 5.17. The molecular formula is C9H17NO2S2. The van der Waals surface area contributed by atoms with Gasteiger partial charge in [-0.3, -0.25) is 0 Å². The molecule has 1 saturated heterocycles. The van der Waals surface area contributed by atoms with Gasteiger partial charge in [0.2, 0.25) is 0 Å². The standard InChI is InChI=1S/C9H17NO2S2/c11-14(12)6-9(7-14)10-3-4-13-5-8-1-2-8/h8-10H,1-7H2. The van der Waals surface area contributed by atoms with Gasteiger partial charge in [0.25, 0.3) is 0 Å². The van der Waals surface area contributed by atoms with Gasteiger partial charge < -0.3 is 5.32 Å². The van der Waals surface area contributed by atoms with Gasteiger partial charge in [-0.2, -0.15) is 11.8 Å². The number of hydrogen-bond donors (Lipinski definition) is 1. The Kier molecular flexibility index (Phi) is 3.39. The van der Waals surface area contributed by atoms with Gasteiger partial charge in [0.1, 0.15) is 0 Å². The molecule has 1 aliphatic heterocycles. The van der Waals surface area contributed by atoms with Crippen LogP contribution in [-0.4, -0.2) is 44.0 Å². The number of nitrogens with one attached hydrogen (secondary N) is 1. The van der Waals surface area contributed by atoms with E-state index in [4.69, 9.17) is 0 Å². The molecule has 82 valence electrons. The summed E-state index contributed by atoms with van der Waals surface area (Å²) in [4.78, 5) is 0. The Labute approximate surface area is 89.9 Å². The molecular weight excluding hydrogens is 218 g/mol. The summed E-state index contributed by atoms with van der Waals surface area (Å²) in [6, 6.07) is 0.238. The predicted molar refractivity (Wildman–Crippen MR) is 60.5 cm³/mol. The molecule has 0 radical (unpaired) electrons. The highest BCUT2D eigenvalue weighted by molar-refractivity contribution is 7.99. The Morgan fingerprint density at radius 2 is 2.00 bits per heavy atom. The number of hydrogen-bond acceptors (Lipinski definition) is 4. The summed E-state index contributed by atoms with van der Waals surface area (Å²) in [6.07, 6.45) is 2.84. The zero-order chi connectivity index (χ0) is 10.0. The smallest absolute Gasteiger partial charge is 0.153 e. The van der Waals surface area contributed by atoms with E-state index in [2.05, 4.69) is 5.32 Å². The fourth-order valence-corrected chi connectivity index (χ4v) is 4.01. The molecule has 2 aliphatic rings. The van der Waals surface area contributed by atoms with Crippen LogP contribution in [0, 0.1) is 5.92 Å². The molecule has 1 N–H and O–H groups in total. The van der Waals surface area contributed by atoms with Crippen molar-refractivity contribution in [2.24, 2.45) is 5.92 Å². The van der Waals surface area contributed by atoms with Gasteiger partial charge in [0, 0.05) is 18.3 Å². The lowest BCUT2D eigenvalue weighted by Gasteiger charge is -2.26. The molecule has 0 atom stereocenters. The van der Waals surface area contributed by atoms with Gasteiger partial charge in [-0.05, 0) is 24.5 Å². The summed E-state index contributed by atoms with van der Waals surface area (Å²) in [7, 11) is -2.65. The van der Waals surface area contributed by atoms with Crippen LogP contribution in [0.15, 0.2) is 0 Å². The topological polar surface area (TPSA) is 46.2 Å². The van der Waals surface area contributed by atoms with Crippen LogP contribution in [0.5, 0.6) is 0 Å². The van der Waals surface area contributed by atoms with Gasteiger partial charge in [-0.1, -0.05) is 0 Å². The van der Waals surface area contributed by atoms with Gasteiger partial charge >= 0.3 is 0 Å². The van der Waals surface area contributed by atoms with E-state index < -0.39 is 9.84 Å². The van der Waals surface area contributed by atoms with Crippen molar-refractivity contribution < 1.29 is 8.42 Å². The van der Waals surface area contributed by atoms with Crippen LogP contribution in [0.4, 0.5) is 0 Å². The van der Waals surface area contributed by atoms with E-state index in [9.17, 15) is 8.42 Å². The third-order valence-corrected chi connectivity index (χ3v) is 5.66. The lowest BCUT2D eigenvalue weighted by Crippen LogP contribution is -2.51. The monoisotopic (exact) mass is 235 g/mol. The second kappa shape index (κ2) is 4.41. The van der Waals surface area contributed by atoms with Crippen molar-refractivity contribution in [1.29, 1.82) is 0 Å². The largest absolute Gasteiger partial charge is 0.311 e. The van der Waals surface area contributed by atoms with Crippen LogP contribution in [0.2, 0.25) is 0 Å². The van der Waals surface area contributed by atoms with E-state index >= 15 is 0 Å². The summed E-state index contributed by atoms with van der Waals surface area (Å²) in [5.41, 5.74) is 0. The van der Waals surface area contributed by atoms with Crippen molar-refractivity contribution in [3.05, 3.63) is 0 Å². The molecule has 2 rings (SSSR count). The minimum Gasteiger partial charge on any atom is -0.311 e. The van der Waals surface area contributed by atoms with Crippen molar-refractivity contribution >= 4 is 21.6 Å². The van der Waals surface area contributed by atoms with Crippen LogP contribution in [0.25, 0.3) is 0 Å². The lowest BCUT2D eigenvalue weighted by molar-refractivity contribution is 0.522. The van der Waals surface area contributed by atoms with E-state index in [-0.39, 0.29) is 6.04 Å². The minimum atomic E-state index is -2.65. The highest BCUT2D eigenvalue weighted by Gasteiger charge is 2.32. The Hall–Kier alpha value is 0.260. The Balaban J connectivity index is 1.43. The molecule has 1 heterocycles. The van der Waals surface area contributed by atoms with Gasteiger partial charge in [0.15, 0.2) is 9.84 Å². The van der Waals surface area contributed by atoms with Gasteiger partial charge in [-0.15, -0.1) is 0 Å². The van der Waals surface area contributed by atoms with E-state index in [1.165, 1.54) is 18.6 Å². The van der Waals surface area contributed by atoms with Crippen LogP contribution in [0.3, 0.4) is 0 Å². The third kappa shape index (κ3) is 3.44. The SMILES string of the molecule is O=S1(=O)CC(NCCSCC2CC2)C1. The molecule has 0 aromatic carbocycles. The predicted octanol–water partition coefficient (Wildman–Crippen LogP) is 0.516. The summed E-state index contributed by atoms with van der Waals surface area (Å²) in [6.45, 7) is 0.956. The second-order valence-corrected chi connectivity index (χ2v) is 7.55. The van der Waals surface area contributed by atoms with Crippen LogP contribution >= 0.6 is 11.8 Å². The first-order chi connectivity index (χ1) is 6.66. The summed E-state index contributed by atoms with van der Waals surface area (Å²) < 4.78 is 21.7. The van der Waals surface area contributed by atoms with Crippen molar-refractivity contribution in [2.75, 3.05) is 29.6 Å². The average Bonchev–Trinajstić information content (AvgIpc) is 2.83. The lowest BCUT2D eigenvalue weighted by atomic mass is 10.4. The molecule has 0 aromatic rings. The highest BCUT2D eigenvalue weighted by Crippen LogP contribution is 2.32. The molecule has 1 aliphatic carbocycles. The molecule has 0 bridgehead atoms. The van der Waals surface area contributed by atoms with Crippen molar-refractivity contribution in [3.63, 3.8) is 0 Å². The normalized spacial score (nSPS) is 26.0. The maximum absolute atomic E-state index is 10.8. The molecule has 0 amide bonds. The minimum absolute atomic E-state index is 0.238. The second-order valence-electron chi connectivity index (χ2n) is 4.25. The number of sulfone groups is 1. The van der Waals surface area contributed by atoms with E-state index in [1.807, 2.05) is 11.8 Å². The average molecular weight is 235 g/mol. The molecule has 0 unspecified atom stereocenters. The van der Waals surface area contributed by atoms with Crippen molar-refractivity contribution in [3.8, 4) is 0 Å². The van der Waals surface area contributed by atoms with Crippen LogP contribution < -0.4 is 5.32 Å². The maximum Gasteiger partial charge on any atom is 0.153 e. The summed E-state index contributed by atoms with van der Waals surface area (Å²) >= 11 is 1.99. The Morgan fingerprint density at radius 1 is 1.29 bits per heavy atom. The summed E-state index contributed by atoms with van der Waals surface area (Å²) in [5, 5.41) is 3.27. The Bertz CT molecular complexity index is 273. The molecule has 0 aromatic heterocycles. The molecule has 2 fully saturated rings. The molecule has 3 nitrogen and oxygen atoms in total. The first kappa shape index (κ1) is 10.8. The number of rotatable bonds is 6. The van der Waals surface area contributed by atoms with Crippen molar-refractivity contribution in [2.45, 2.75) is 18.9 Å². The fraction of sp³-hybridized carbons (Fsp3) is 1.00. The van der Waals surface area contributed by atoms with Gasteiger partial charge in [-0.25, -0.2) is 8.42 Å². The third-order valence-electron chi connectivity index (χ3n) is 2.64. The van der Waals surface area contributed by atoms with Gasteiger partial charge in [0.05, 0.1) is 11.5 Å².